The van der Waals surface area contributed by atoms with Gasteiger partial charge in [0.1, 0.15) is 5.54 Å². The maximum absolute atomic E-state index is 12.9. The fourth-order valence-corrected chi connectivity index (χ4v) is 3.40. The number of carbonyl (C=O) groups is 2. The van der Waals surface area contributed by atoms with Gasteiger partial charge >= 0.3 is 0 Å². The van der Waals surface area contributed by atoms with Crippen LogP contribution < -0.4 is 11.1 Å². The van der Waals surface area contributed by atoms with Gasteiger partial charge in [0, 0.05) is 29.5 Å². The number of halogens is 2. The Kier molecular flexibility index (Phi) is 6.51. The minimum atomic E-state index is -1.04. The summed E-state index contributed by atoms with van der Waals surface area (Å²) < 4.78 is 0.960. The van der Waals surface area contributed by atoms with E-state index in [2.05, 4.69) is 21.2 Å². The highest BCUT2D eigenvalue weighted by molar-refractivity contribution is 9.10. The van der Waals surface area contributed by atoms with E-state index in [-0.39, 0.29) is 36.2 Å². The molecule has 0 bridgehead atoms. The molecule has 1 aromatic rings. The highest BCUT2D eigenvalue weighted by atomic mass is 79.9. The average molecular weight is 431 g/mol. The van der Waals surface area contributed by atoms with Gasteiger partial charge in [0.15, 0.2) is 0 Å². The van der Waals surface area contributed by atoms with Crippen molar-refractivity contribution in [3.05, 3.63) is 34.3 Å². The van der Waals surface area contributed by atoms with E-state index in [9.17, 15) is 9.59 Å². The van der Waals surface area contributed by atoms with Crippen molar-refractivity contribution < 1.29 is 9.59 Å². The van der Waals surface area contributed by atoms with E-state index in [0.717, 1.165) is 35.7 Å². The van der Waals surface area contributed by atoms with Crippen LogP contribution in [0.4, 0.5) is 0 Å². The Bertz CT molecular complexity index is 624. The lowest BCUT2D eigenvalue weighted by Gasteiger charge is -2.37. The molecule has 3 N–H and O–H groups in total. The molecule has 3 rings (SSSR count). The summed E-state index contributed by atoms with van der Waals surface area (Å²) in [6.07, 6.45) is 3.62. The molecule has 1 aliphatic carbocycles. The number of rotatable bonds is 4. The van der Waals surface area contributed by atoms with Crippen LogP contribution in [0.5, 0.6) is 0 Å². The van der Waals surface area contributed by atoms with Gasteiger partial charge in [-0.2, -0.15) is 0 Å². The van der Waals surface area contributed by atoms with Crippen molar-refractivity contribution in [3.8, 4) is 0 Å². The standard InChI is InChI=1S/C18H24BrN3O2.ClH/c1-18(20,13-4-6-14(19)7-5-13)17(24)22-10-8-15(9-11-22)21-16(23)12-2-3-12;/h4-7,12,15H,2-3,8-11,20H2,1H3,(H,21,23);1H. The third-order valence-corrected chi connectivity index (χ3v) is 5.49. The maximum atomic E-state index is 12.9. The van der Waals surface area contributed by atoms with Gasteiger partial charge in [-0.25, -0.2) is 0 Å². The van der Waals surface area contributed by atoms with Crippen LogP contribution in [0.2, 0.25) is 0 Å². The van der Waals surface area contributed by atoms with E-state index in [0.29, 0.717) is 13.1 Å². The summed E-state index contributed by atoms with van der Waals surface area (Å²) in [5, 5.41) is 3.10. The number of amides is 2. The first-order valence-corrected chi connectivity index (χ1v) is 9.32. The largest absolute Gasteiger partial charge is 0.353 e. The van der Waals surface area contributed by atoms with Crippen LogP contribution in [0.25, 0.3) is 0 Å². The zero-order valence-electron chi connectivity index (χ0n) is 14.3. The van der Waals surface area contributed by atoms with Crippen molar-refractivity contribution in [2.24, 2.45) is 11.7 Å². The van der Waals surface area contributed by atoms with Gasteiger partial charge in [-0.05, 0) is 50.3 Å². The first kappa shape index (κ1) is 20.2. The zero-order chi connectivity index (χ0) is 17.3. The summed E-state index contributed by atoms with van der Waals surface area (Å²) >= 11 is 3.40. The van der Waals surface area contributed by atoms with Gasteiger partial charge in [-0.15, -0.1) is 12.4 Å². The van der Waals surface area contributed by atoms with E-state index in [4.69, 9.17) is 5.73 Å². The van der Waals surface area contributed by atoms with Crippen molar-refractivity contribution in [1.82, 2.24) is 10.2 Å². The fraction of sp³-hybridized carbons (Fsp3) is 0.556. The van der Waals surface area contributed by atoms with Crippen molar-refractivity contribution in [2.75, 3.05) is 13.1 Å². The van der Waals surface area contributed by atoms with Crippen LogP contribution in [-0.2, 0) is 15.1 Å². The minimum Gasteiger partial charge on any atom is -0.353 e. The number of benzene rings is 1. The predicted molar refractivity (Wildman–Crippen MR) is 103 cm³/mol. The molecule has 25 heavy (non-hydrogen) atoms. The lowest BCUT2D eigenvalue weighted by Crippen LogP contribution is -2.55. The highest BCUT2D eigenvalue weighted by Gasteiger charge is 2.37. The molecule has 1 unspecified atom stereocenters. The summed E-state index contributed by atoms with van der Waals surface area (Å²) in [6, 6.07) is 7.73. The molecular weight excluding hydrogens is 406 g/mol. The Morgan fingerprint density at radius 3 is 2.24 bits per heavy atom. The second-order valence-corrected chi connectivity index (χ2v) is 7.97. The molecule has 138 valence electrons. The Hall–Kier alpha value is -1.11. The average Bonchev–Trinajstić information content (AvgIpc) is 3.40. The SMILES string of the molecule is CC(N)(C(=O)N1CCC(NC(=O)C2CC2)CC1)c1ccc(Br)cc1.Cl. The summed E-state index contributed by atoms with van der Waals surface area (Å²) in [7, 11) is 0. The van der Waals surface area contributed by atoms with Crippen LogP contribution >= 0.6 is 28.3 Å². The quantitative estimate of drug-likeness (QED) is 0.771. The summed E-state index contributed by atoms with van der Waals surface area (Å²) in [4.78, 5) is 26.5. The van der Waals surface area contributed by atoms with Crippen molar-refractivity contribution in [2.45, 2.75) is 44.2 Å². The molecule has 1 saturated heterocycles. The highest BCUT2D eigenvalue weighted by Crippen LogP contribution is 2.29. The molecule has 1 aromatic carbocycles. The molecule has 2 amide bonds. The molecule has 5 nitrogen and oxygen atoms in total. The number of hydrogen-bond acceptors (Lipinski definition) is 3. The molecule has 0 spiro atoms. The first-order chi connectivity index (χ1) is 11.4. The molecule has 2 aliphatic rings. The maximum Gasteiger partial charge on any atom is 0.246 e. The van der Waals surface area contributed by atoms with Gasteiger partial charge < -0.3 is 16.0 Å². The van der Waals surface area contributed by atoms with Crippen LogP contribution in [0.1, 0.15) is 38.2 Å². The summed E-state index contributed by atoms with van der Waals surface area (Å²) in [5.41, 5.74) is 6.12. The lowest BCUT2D eigenvalue weighted by molar-refractivity contribution is -0.138. The van der Waals surface area contributed by atoms with Gasteiger partial charge in [-0.1, -0.05) is 28.1 Å². The second kappa shape index (κ2) is 8.06. The summed E-state index contributed by atoms with van der Waals surface area (Å²) in [6.45, 7) is 3.04. The molecule has 2 fully saturated rings. The first-order valence-electron chi connectivity index (χ1n) is 8.52. The smallest absolute Gasteiger partial charge is 0.246 e. The molecule has 1 saturated carbocycles. The number of hydrogen-bond donors (Lipinski definition) is 2. The molecule has 7 heteroatoms. The third kappa shape index (κ3) is 4.74. The molecular formula is C18H25BrClN3O2. The van der Waals surface area contributed by atoms with E-state index in [1.54, 1.807) is 6.92 Å². The zero-order valence-corrected chi connectivity index (χ0v) is 16.7. The van der Waals surface area contributed by atoms with Crippen LogP contribution in [0.15, 0.2) is 28.7 Å². The van der Waals surface area contributed by atoms with E-state index < -0.39 is 5.54 Å². The van der Waals surface area contributed by atoms with Crippen molar-refractivity contribution in [1.29, 1.82) is 0 Å². The number of piperidine rings is 1. The number of carbonyl (C=O) groups excluding carboxylic acids is 2. The molecule has 1 aliphatic heterocycles. The lowest BCUT2D eigenvalue weighted by atomic mass is 9.90. The topological polar surface area (TPSA) is 75.4 Å². The Balaban J connectivity index is 0.00000225. The summed E-state index contributed by atoms with van der Waals surface area (Å²) in [5.74, 6) is 0.351. The minimum absolute atomic E-state index is 0. The predicted octanol–water partition coefficient (Wildman–Crippen LogP) is 2.56. The van der Waals surface area contributed by atoms with Gasteiger partial charge in [0.05, 0.1) is 0 Å². The van der Waals surface area contributed by atoms with Crippen LogP contribution in [0.3, 0.4) is 0 Å². The van der Waals surface area contributed by atoms with Crippen LogP contribution in [-0.4, -0.2) is 35.8 Å². The third-order valence-electron chi connectivity index (χ3n) is 4.96. The number of nitrogens with one attached hydrogen (secondary N) is 1. The van der Waals surface area contributed by atoms with E-state index >= 15 is 0 Å². The Morgan fingerprint density at radius 2 is 1.72 bits per heavy atom. The second-order valence-electron chi connectivity index (χ2n) is 7.06. The number of nitrogens with zero attached hydrogens (tertiary/aromatic N) is 1. The fourth-order valence-electron chi connectivity index (χ4n) is 3.14. The monoisotopic (exact) mass is 429 g/mol. The van der Waals surface area contributed by atoms with Crippen molar-refractivity contribution in [3.63, 3.8) is 0 Å². The van der Waals surface area contributed by atoms with Crippen molar-refractivity contribution >= 4 is 40.2 Å². The van der Waals surface area contributed by atoms with Gasteiger partial charge in [-0.3, -0.25) is 9.59 Å². The number of likely N-dealkylation sites (tertiary alicyclic amines) is 1. The van der Waals surface area contributed by atoms with E-state index in [1.807, 2.05) is 29.2 Å². The number of nitrogens with two attached hydrogens (primary N) is 1. The Morgan fingerprint density at radius 1 is 1.16 bits per heavy atom. The normalized spacial score (nSPS) is 20.4. The van der Waals surface area contributed by atoms with E-state index in [1.165, 1.54) is 0 Å². The van der Waals surface area contributed by atoms with Gasteiger partial charge in [0.25, 0.3) is 0 Å². The Labute approximate surface area is 163 Å². The molecule has 1 atom stereocenters. The molecule has 0 aromatic heterocycles. The van der Waals surface area contributed by atoms with Gasteiger partial charge in [0.2, 0.25) is 11.8 Å². The molecule has 1 heterocycles. The van der Waals surface area contributed by atoms with Crippen LogP contribution in [0, 0.1) is 5.92 Å². The molecule has 0 radical (unpaired) electrons.